The molecule has 0 radical (unpaired) electrons. The normalized spacial score (nSPS) is 12.8. The Kier molecular flexibility index (Phi) is 3.53. The van der Waals surface area contributed by atoms with Crippen LogP contribution in [-0.2, 0) is 0 Å². The fourth-order valence-electron chi connectivity index (χ4n) is 1.45. The van der Waals surface area contributed by atoms with E-state index in [2.05, 4.69) is 0 Å². The summed E-state index contributed by atoms with van der Waals surface area (Å²) in [4.78, 5) is 2.11. The molecule has 0 N–H and O–H groups in total. The highest BCUT2D eigenvalue weighted by atomic mass is 35.5. The maximum absolute atomic E-state index is 13.6. The van der Waals surface area contributed by atoms with Crippen molar-refractivity contribution in [1.82, 2.24) is 0 Å². The first-order valence-electron chi connectivity index (χ1n) is 4.73. The fraction of sp³-hybridized carbons (Fsp3) is 0.167. The van der Waals surface area contributed by atoms with Crippen molar-refractivity contribution in [1.29, 1.82) is 0 Å². The van der Waals surface area contributed by atoms with Gasteiger partial charge in [-0.25, -0.2) is 4.39 Å². The lowest BCUT2D eigenvalue weighted by Gasteiger charge is -2.09. The van der Waals surface area contributed by atoms with Gasteiger partial charge in [-0.2, -0.15) is 0 Å². The zero-order chi connectivity index (χ0) is 11.7. The maximum atomic E-state index is 13.6. The van der Waals surface area contributed by atoms with Gasteiger partial charge >= 0.3 is 0 Å². The van der Waals surface area contributed by atoms with Crippen LogP contribution in [0.25, 0.3) is 0 Å². The molecule has 0 aliphatic heterocycles. The molecule has 2 rings (SSSR count). The molecule has 0 aliphatic carbocycles. The number of alkyl halides is 1. The van der Waals surface area contributed by atoms with E-state index in [9.17, 15) is 4.39 Å². The molecule has 0 spiro atoms. The Hall–Kier alpha value is -0.570. The van der Waals surface area contributed by atoms with E-state index in [0.29, 0.717) is 10.6 Å². The molecule has 1 aromatic heterocycles. The Bertz CT molecular complexity index is 507. The Morgan fingerprint density at radius 1 is 1.25 bits per heavy atom. The van der Waals surface area contributed by atoms with Gasteiger partial charge in [-0.1, -0.05) is 17.7 Å². The number of rotatable bonds is 2. The third kappa shape index (κ3) is 2.40. The molecule has 1 atom stereocenters. The van der Waals surface area contributed by atoms with Gasteiger partial charge in [-0.15, -0.1) is 22.9 Å². The van der Waals surface area contributed by atoms with Gasteiger partial charge in [0.1, 0.15) is 5.82 Å². The molecular formula is C12H9Cl2FS. The second kappa shape index (κ2) is 4.74. The number of halogens is 3. The average molecular weight is 275 g/mol. The molecule has 4 heteroatoms. The van der Waals surface area contributed by atoms with Gasteiger partial charge in [0.2, 0.25) is 0 Å². The Morgan fingerprint density at radius 3 is 2.56 bits per heavy atom. The van der Waals surface area contributed by atoms with Gasteiger partial charge in [0, 0.05) is 20.3 Å². The summed E-state index contributed by atoms with van der Waals surface area (Å²) in [6.07, 6.45) is 0. The predicted molar refractivity (Wildman–Crippen MR) is 68.2 cm³/mol. The Balaban J connectivity index is 2.37. The minimum Gasteiger partial charge on any atom is -0.207 e. The quantitative estimate of drug-likeness (QED) is 0.663. The molecule has 84 valence electrons. The highest BCUT2D eigenvalue weighted by Crippen LogP contribution is 2.35. The van der Waals surface area contributed by atoms with Crippen molar-refractivity contribution in [2.75, 3.05) is 0 Å². The minimum absolute atomic E-state index is 0.362. The summed E-state index contributed by atoms with van der Waals surface area (Å²) in [5, 5.41) is -0.0663. The number of benzene rings is 1. The topological polar surface area (TPSA) is 0 Å². The second-order valence-electron chi connectivity index (χ2n) is 3.48. The third-order valence-electron chi connectivity index (χ3n) is 2.25. The van der Waals surface area contributed by atoms with Gasteiger partial charge in [0.15, 0.2) is 0 Å². The van der Waals surface area contributed by atoms with E-state index in [1.807, 2.05) is 19.1 Å². The van der Waals surface area contributed by atoms with Crippen LogP contribution < -0.4 is 0 Å². The van der Waals surface area contributed by atoms with E-state index in [-0.39, 0.29) is 5.82 Å². The molecular weight excluding hydrogens is 266 g/mol. The van der Waals surface area contributed by atoms with E-state index in [0.717, 1.165) is 9.75 Å². The molecule has 0 nitrogen and oxygen atoms in total. The van der Waals surface area contributed by atoms with Gasteiger partial charge in [0.05, 0.1) is 5.38 Å². The van der Waals surface area contributed by atoms with E-state index in [1.165, 1.54) is 6.07 Å². The predicted octanol–water partition coefficient (Wildman–Crippen LogP) is 5.18. The van der Waals surface area contributed by atoms with Crippen LogP contribution in [0.2, 0.25) is 5.02 Å². The molecule has 0 fully saturated rings. The molecule has 2 aromatic rings. The maximum Gasteiger partial charge on any atom is 0.129 e. The lowest BCUT2D eigenvalue weighted by atomic mass is 10.1. The summed E-state index contributed by atoms with van der Waals surface area (Å²) in [6.45, 7) is 2.00. The standard InChI is InChI=1S/C12H9Cl2FS/c1-7-2-5-11(16-7)12(14)9-4-3-8(13)6-10(9)15/h2-6,12H,1H3. The van der Waals surface area contributed by atoms with Gasteiger partial charge in [-0.3, -0.25) is 0 Å². The first-order chi connectivity index (χ1) is 7.58. The number of aryl methyl sites for hydroxylation is 1. The van der Waals surface area contributed by atoms with E-state index in [4.69, 9.17) is 23.2 Å². The molecule has 0 saturated heterocycles. The number of hydrogen-bond donors (Lipinski definition) is 0. The van der Waals surface area contributed by atoms with E-state index in [1.54, 1.807) is 23.5 Å². The molecule has 16 heavy (non-hydrogen) atoms. The van der Waals surface area contributed by atoms with Crippen molar-refractivity contribution >= 4 is 34.5 Å². The summed E-state index contributed by atoms with van der Waals surface area (Å²) >= 11 is 13.5. The first-order valence-corrected chi connectivity index (χ1v) is 6.36. The molecule has 0 saturated carbocycles. The molecule has 0 bridgehead atoms. The second-order valence-corrected chi connectivity index (χ2v) is 5.67. The Morgan fingerprint density at radius 2 is 2.00 bits per heavy atom. The van der Waals surface area contributed by atoms with Crippen LogP contribution in [0.5, 0.6) is 0 Å². The zero-order valence-corrected chi connectivity index (χ0v) is 10.8. The van der Waals surface area contributed by atoms with Crippen LogP contribution in [0, 0.1) is 12.7 Å². The van der Waals surface area contributed by atoms with Crippen molar-refractivity contribution < 1.29 is 4.39 Å². The lowest BCUT2D eigenvalue weighted by Crippen LogP contribution is -1.94. The summed E-state index contributed by atoms with van der Waals surface area (Å²) in [5.74, 6) is -0.362. The van der Waals surface area contributed by atoms with Crippen LogP contribution >= 0.6 is 34.5 Å². The summed E-state index contributed by atoms with van der Waals surface area (Å²) in [7, 11) is 0. The number of hydrogen-bond acceptors (Lipinski definition) is 1. The van der Waals surface area contributed by atoms with Crippen molar-refractivity contribution in [3.05, 3.63) is 56.5 Å². The van der Waals surface area contributed by atoms with E-state index < -0.39 is 5.38 Å². The van der Waals surface area contributed by atoms with Crippen molar-refractivity contribution in [3.8, 4) is 0 Å². The van der Waals surface area contributed by atoms with E-state index >= 15 is 0 Å². The third-order valence-corrected chi connectivity index (χ3v) is 4.15. The molecule has 0 amide bonds. The van der Waals surface area contributed by atoms with Crippen LogP contribution in [0.1, 0.15) is 20.7 Å². The number of thiophene rings is 1. The largest absolute Gasteiger partial charge is 0.207 e. The smallest absolute Gasteiger partial charge is 0.129 e. The average Bonchev–Trinajstić information content (AvgIpc) is 2.64. The van der Waals surface area contributed by atoms with Crippen molar-refractivity contribution in [3.63, 3.8) is 0 Å². The van der Waals surface area contributed by atoms with Gasteiger partial charge in [0.25, 0.3) is 0 Å². The zero-order valence-electron chi connectivity index (χ0n) is 8.51. The first kappa shape index (κ1) is 11.9. The lowest BCUT2D eigenvalue weighted by molar-refractivity contribution is 0.613. The fourth-order valence-corrected chi connectivity index (χ4v) is 2.87. The molecule has 1 aromatic carbocycles. The molecule has 0 aliphatic rings. The highest BCUT2D eigenvalue weighted by Gasteiger charge is 2.16. The van der Waals surface area contributed by atoms with Crippen molar-refractivity contribution in [2.45, 2.75) is 12.3 Å². The molecule has 1 heterocycles. The summed E-state index contributed by atoms with van der Waals surface area (Å²) in [6, 6.07) is 8.46. The van der Waals surface area contributed by atoms with Crippen LogP contribution in [0.3, 0.4) is 0 Å². The summed E-state index contributed by atoms with van der Waals surface area (Å²) in [5.41, 5.74) is 0.466. The monoisotopic (exact) mass is 274 g/mol. The van der Waals surface area contributed by atoms with Crippen LogP contribution in [0.15, 0.2) is 30.3 Å². The van der Waals surface area contributed by atoms with Crippen LogP contribution in [0.4, 0.5) is 4.39 Å². The van der Waals surface area contributed by atoms with Gasteiger partial charge < -0.3 is 0 Å². The molecule has 1 unspecified atom stereocenters. The van der Waals surface area contributed by atoms with Gasteiger partial charge in [-0.05, 0) is 31.2 Å². The highest BCUT2D eigenvalue weighted by molar-refractivity contribution is 7.12. The Labute approximate surface area is 108 Å². The SMILES string of the molecule is Cc1ccc(C(Cl)c2ccc(Cl)cc2F)s1. The summed E-state index contributed by atoms with van der Waals surface area (Å²) < 4.78 is 13.6. The van der Waals surface area contributed by atoms with Crippen molar-refractivity contribution in [2.24, 2.45) is 0 Å². The van der Waals surface area contributed by atoms with Crippen LogP contribution in [-0.4, -0.2) is 0 Å². The minimum atomic E-state index is -0.448.